The number of halogens is 2. The van der Waals surface area contributed by atoms with Gasteiger partial charge in [0.25, 0.3) is 11.8 Å². The summed E-state index contributed by atoms with van der Waals surface area (Å²) in [5.41, 5.74) is -0.579. The van der Waals surface area contributed by atoms with Gasteiger partial charge in [-0.05, 0) is 113 Å². The van der Waals surface area contributed by atoms with E-state index in [-0.39, 0.29) is 70.3 Å². The molecule has 2 heterocycles. The molecule has 0 aliphatic carbocycles. The molecule has 61 heavy (non-hydrogen) atoms. The van der Waals surface area contributed by atoms with Crippen LogP contribution in [0, 0.1) is 0 Å². The fourth-order valence-corrected chi connectivity index (χ4v) is 7.79. The van der Waals surface area contributed by atoms with Gasteiger partial charge in [0.15, 0.2) is 23.0 Å². The molecule has 2 saturated heterocycles. The van der Waals surface area contributed by atoms with Gasteiger partial charge in [-0.3, -0.25) is 9.59 Å². The van der Waals surface area contributed by atoms with E-state index in [1.807, 2.05) is 81.1 Å². The lowest BCUT2D eigenvalue weighted by Crippen LogP contribution is -2.54. The molecule has 0 radical (unpaired) electrons. The predicted octanol–water partition coefficient (Wildman–Crippen LogP) is 9.69. The molecule has 2 aromatic carbocycles. The van der Waals surface area contributed by atoms with Gasteiger partial charge in [0.2, 0.25) is 0 Å². The Kier molecular flexibility index (Phi) is 18.6. The highest BCUT2D eigenvalue weighted by Gasteiger charge is 2.37. The third kappa shape index (κ3) is 14.4. The first kappa shape index (κ1) is 51.1. The molecule has 2 aliphatic heterocycles. The van der Waals surface area contributed by atoms with Crippen molar-refractivity contribution >= 4 is 47.2 Å². The van der Waals surface area contributed by atoms with Crippen LogP contribution in [0.2, 0.25) is 10.0 Å². The number of methoxy groups -OCH3 is 2. The van der Waals surface area contributed by atoms with Crippen LogP contribution in [0.3, 0.4) is 0 Å². The van der Waals surface area contributed by atoms with Crippen molar-refractivity contribution in [1.82, 2.24) is 19.6 Å². The number of nitrogens with zero attached hydrogens (tertiary/aromatic N) is 4. The number of phenolic OH excluding ortho intramolecular Hbond substituents is 1. The first-order chi connectivity index (χ1) is 28.4. The summed E-state index contributed by atoms with van der Waals surface area (Å²) in [6.45, 7) is 23.3. The quantitative estimate of drug-likeness (QED) is 0.231. The number of ether oxygens (including phenoxy) is 5. The van der Waals surface area contributed by atoms with Gasteiger partial charge in [-0.1, -0.05) is 30.1 Å². The SMILES string of the molecule is CCCOc1cc(C(=O)N(C(C)C)[C@@H]2CCCN(C(=O)OC(C)(C)C)C2)c(Cl)cc1OC.COc1cc(Cl)c(C(=O)N(C(C)C)[C@@H]2CCCN(C(=O)OC(C)(C)C)C2)cc1O. The number of carbonyl (C=O) groups is 4. The van der Waals surface area contributed by atoms with Crippen molar-refractivity contribution in [1.29, 1.82) is 0 Å². The molecule has 0 saturated carbocycles. The van der Waals surface area contributed by atoms with Crippen LogP contribution in [-0.2, 0) is 9.47 Å². The zero-order valence-electron chi connectivity index (χ0n) is 38.4. The first-order valence-electron chi connectivity index (χ1n) is 21.1. The molecule has 2 aromatic rings. The molecule has 2 fully saturated rings. The number of rotatable bonds is 11. The standard InChI is InChI=1S/C24H37ClN2O5.C21H31ClN2O5/c1-8-12-31-21-13-18(19(25)14-20(21)30-7)22(28)27(16(2)3)17-10-9-11-26(15-17)23(29)32-24(4,5)6;1-13(2)24(19(26)15-10-17(25)18(28-6)11-16(15)22)14-8-7-9-23(12-14)20(27)29-21(3,4)5/h13-14,16-17H,8-12,15H2,1-7H3;10-11,13-14,25H,7-9,12H2,1-6H3/t17-;14-/m11/s1. The molecule has 0 aromatic heterocycles. The Morgan fingerprint density at radius 2 is 1.11 bits per heavy atom. The molecule has 14 nitrogen and oxygen atoms in total. The number of piperidine rings is 2. The van der Waals surface area contributed by atoms with Crippen molar-refractivity contribution in [3.63, 3.8) is 0 Å². The average Bonchev–Trinajstić information content (AvgIpc) is 3.16. The van der Waals surface area contributed by atoms with Gasteiger partial charge in [0, 0.05) is 50.4 Å². The summed E-state index contributed by atoms with van der Waals surface area (Å²) in [5, 5.41) is 10.6. The Hall–Kier alpha value is -4.30. The molecule has 1 N–H and O–H groups in total. The van der Waals surface area contributed by atoms with Crippen LogP contribution in [-0.4, -0.2) is 131 Å². The molecular weight excluding hydrogens is 827 g/mol. The van der Waals surface area contributed by atoms with Gasteiger partial charge in [-0.25, -0.2) is 9.59 Å². The van der Waals surface area contributed by atoms with Gasteiger partial charge in [-0.15, -0.1) is 0 Å². The second kappa shape index (κ2) is 22.2. The molecule has 2 atom stereocenters. The van der Waals surface area contributed by atoms with Crippen molar-refractivity contribution in [2.45, 2.75) is 144 Å². The van der Waals surface area contributed by atoms with Crippen molar-refractivity contribution in [3.05, 3.63) is 45.4 Å². The molecule has 4 amide bonds. The number of aromatic hydroxyl groups is 1. The highest BCUT2D eigenvalue weighted by atomic mass is 35.5. The lowest BCUT2D eigenvalue weighted by atomic mass is 10.0. The number of likely N-dealkylation sites (tertiary alicyclic amines) is 2. The molecule has 16 heteroatoms. The lowest BCUT2D eigenvalue weighted by Gasteiger charge is -2.41. The summed E-state index contributed by atoms with van der Waals surface area (Å²) < 4.78 is 27.2. The summed E-state index contributed by atoms with van der Waals surface area (Å²) in [6.07, 6.45) is 3.23. The molecule has 4 rings (SSSR count). The average molecular weight is 896 g/mol. The summed E-state index contributed by atoms with van der Waals surface area (Å²) in [7, 11) is 2.96. The molecule has 342 valence electrons. The van der Waals surface area contributed by atoms with E-state index in [2.05, 4.69) is 0 Å². The minimum Gasteiger partial charge on any atom is -0.504 e. The van der Waals surface area contributed by atoms with Crippen molar-refractivity contribution in [3.8, 4) is 23.0 Å². The molecule has 0 bridgehead atoms. The van der Waals surface area contributed by atoms with Crippen molar-refractivity contribution < 1.29 is 48.0 Å². The van der Waals surface area contributed by atoms with Crippen LogP contribution in [0.4, 0.5) is 9.59 Å². The van der Waals surface area contributed by atoms with Crippen LogP contribution in [0.25, 0.3) is 0 Å². The van der Waals surface area contributed by atoms with Crippen molar-refractivity contribution in [2.24, 2.45) is 0 Å². The predicted molar refractivity (Wildman–Crippen MR) is 238 cm³/mol. The highest BCUT2D eigenvalue weighted by molar-refractivity contribution is 6.34. The summed E-state index contributed by atoms with van der Waals surface area (Å²) in [5.74, 6) is 0.554. The summed E-state index contributed by atoms with van der Waals surface area (Å²) in [4.78, 5) is 58.9. The maximum absolute atomic E-state index is 13.6. The topological polar surface area (TPSA) is 148 Å². The van der Waals surface area contributed by atoms with E-state index >= 15 is 0 Å². The number of hydrogen-bond donors (Lipinski definition) is 1. The fourth-order valence-electron chi connectivity index (χ4n) is 7.32. The zero-order valence-corrected chi connectivity index (χ0v) is 39.9. The number of amides is 4. The maximum atomic E-state index is 13.6. The van der Waals surface area contributed by atoms with E-state index in [4.69, 9.17) is 46.9 Å². The van der Waals surface area contributed by atoms with Crippen LogP contribution in [0.5, 0.6) is 23.0 Å². The van der Waals surface area contributed by atoms with Gasteiger partial charge in [0.05, 0.1) is 54.1 Å². The maximum Gasteiger partial charge on any atom is 0.410 e. The van der Waals surface area contributed by atoms with Crippen LogP contribution in [0.1, 0.15) is 129 Å². The second-order valence-corrected chi connectivity index (χ2v) is 18.7. The smallest absolute Gasteiger partial charge is 0.410 e. The Labute approximate surface area is 372 Å². The Morgan fingerprint density at radius 3 is 1.49 bits per heavy atom. The van der Waals surface area contributed by atoms with Gasteiger partial charge in [0.1, 0.15) is 11.2 Å². The molecule has 0 spiro atoms. The van der Waals surface area contributed by atoms with E-state index in [0.717, 1.165) is 32.1 Å². The molecule has 2 aliphatic rings. The minimum absolute atomic E-state index is 0.0794. The minimum atomic E-state index is -0.578. The van der Waals surface area contributed by atoms with E-state index in [0.29, 0.717) is 54.9 Å². The van der Waals surface area contributed by atoms with Gasteiger partial charge in [-0.2, -0.15) is 0 Å². The largest absolute Gasteiger partial charge is 0.504 e. The van der Waals surface area contributed by atoms with E-state index in [1.54, 1.807) is 33.9 Å². The third-order valence-corrected chi connectivity index (χ3v) is 10.5. The molecule has 0 unspecified atom stereocenters. The second-order valence-electron chi connectivity index (χ2n) is 17.9. The van der Waals surface area contributed by atoms with Crippen LogP contribution < -0.4 is 14.2 Å². The number of carbonyl (C=O) groups excluding carboxylic acids is 4. The fraction of sp³-hybridized carbons (Fsp3) is 0.644. The van der Waals surface area contributed by atoms with Crippen LogP contribution >= 0.6 is 23.2 Å². The Morgan fingerprint density at radius 1 is 0.705 bits per heavy atom. The Bertz CT molecular complexity index is 1830. The number of phenols is 1. The number of benzene rings is 2. The summed E-state index contributed by atoms with van der Waals surface area (Å²) in [6, 6.07) is 5.51. The Balaban J connectivity index is 0.000000327. The first-order valence-corrected chi connectivity index (χ1v) is 21.9. The third-order valence-electron chi connectivity index (χ3n) is 9.91. The van der Waals surface area contributed by atoms with E-state index < -0.39 is 11.2 Å². The highest BCUT2D eigenvalue weighted by Crippen LogP contribution is 2.36. The van der Waals surface area contributed by atoms with Gasteiger partial charge < -0.3 is 48.4 Å². The normalized spacial score (nSPS) is 16.9. The van der Waals surface area contributed by atoms with E-state index in [1.165, 1.54) is 19.2 Å². The lowest BCUT2D eigenvalue weighted by molar-refractivity contribution is 0.00724. The van der Waals surface area contributed by atoms with Gasteiger partial charge >= 0.3 is 12.2 Å². The zero-order chi connectivity index (χ0) is 46.0. The monoisotopic (exact) mass is 894 g/mol. The molecular formula is C45H68Cl2N4O10. The number of hydrogen-bond acceptors (Lipinski definition) is 10. The van der Waals surface area contributed by atoms with Crippen LogP contribution in [0.15, 0.2) is 24.3 Å². The van der Waals surface area contributed by atoms with Crippen molar-refractivity contribution in [2.75, 3.05) is 47.0 Å². The van der Waals surface area contributed by atoms with E-state index in [9.17, 15) is 24.3 Å². The summed E-state index contributed by atoms with van der Waals surface area (Å²) >= 11 is 12.8.